The van der Waals surface area contributed by atoms with Gasteiger partial charge in [0.05, 0.1) is 5.41 Å². The van der Waals surface area contributed by atoms with Crippen molar-refractivity contribution in [1.82, 2.24) is 0 Å². The molecule has 0 spiro atoms. The van der Waals surface area contributed by atoms with Gasteiger partial charge in [-0.2, -0.15) is 0 Å². The smallest absolute Gasteiger partial charge is 0.312 e. The lowest BCUT2D eigenvalue weighted by molar-refractivity contribution is -0.179. The molecule has 20 saturated carbocycles. The van der Waals surface area contributed by atoms with Crippen molar-refractivity contribution >= 4 is 5.97 Å². The molecule has 139 heavy (non-hydrogen) atoms. The average Bonchev–Trinajstić information content (AvgIpc) is 1.52. The van der Waals surface area contributed by atoms with Crippen LogP contribution < -0.4 is 23.7 Å². The number of ether oxygens (including phenoxy) is 6. The highest BCUT2D eigenvalue weighted by Gasteiger charge is 2.71. The fourth-order valence-electron chi connectivity index (χ4n) is 35.3. The Morgan fingerprint density at radius 1 is 0.331 bits per heavy atom. The number of halogens is 1. The Hall–Kier alpha value is -6.28. The number of fused-ring (bicyclic) bond motifs is 18. The maximum absolute atomic E-state index is 12.9. The summed E-state index contributed by atoms with van der Waals surface area (Å²) in [5, 5.41) is 0. The van der Waals surface area contributed by atoms with E-state index in [0.29, 0.717) is 53.8 Å². The van der Waals surface area contributed by atoms with Gasteiger partial charge in [-0.25, -0.2) is 4.39 Å². The molecule has 20 bridgehead atoms. The van der Waals surface area contributed by atoms with E-state index in [1.807, 2.05) is 34.6 Å². The summed E-state index contributed by atoms with van der Waals surface area (Å²) >= 11 is 0. The molecule has 19 unspecified atom stereocenters. The van der Waals surface area contributed by atoms with Crippen LogP contribution in [0.25, 0.3) is 0 Å². The summed E-state index contributed by atoms with van der Waals surface area (Å²) in [6, 6.07) is 51.2. The van der Waals surface area contributed by atoms with Crippen LogP contribution in [0, 0.1) is 171 Å². The standard InChI is InChI=1S/2C25H36O.C23H34O.C22H32O.C21H30O.C15H21FO2/c2*1-5-16(4)17-8-10-21(11-9-17)26-25(15(2)3)14-20-13-22(25)24-19-7-6-18(12-19)23(20)24;1-5-16(4)19-6-8-22(9-7-19)24-23(15(2)3)20-11-17-10-18(13-20)14-21(23)12-17;1-4-15(3)18-6-8-21(9-7-18)23-22(5-2)19-11-16-10-17(13-19)14-20(22)12-16;1-4-14(2)17-5-7-20(8-6-17)22-21(3)18-10-15-9-16(12-18)13-19(21)11-15;1-6-14(2,3)13(17)18-15(4,5)11-7-9-12(16)10-8-11/h2*8-11,15-16,18-20,22-24H,5-7,12-14H2,1-4H3;6-9,15-18,20-21H,5,10-14H2,1-4H3;6-9,15-17,19-20H,4-5,10-14H2,1-3H3;5-8,14-16,18-19H,4,9-13H2,1-3H3;7-10H,6H2,1-5H3. The molecule has 20 aliphatic carbocycles. The topological polar surface area (TPSA) is 72.5 Å². The Labute approximate surface area is 844 Å². The van der Waals surface area contributed by atoms with Gasteiger partial charge in [0, 0.05) is 11.8 Å². The van der Waals surface area contributed by atoms with Gasteiger partial charge in [0.15, 0.2) is 0 Å². The predicted octanol–water partition coefficient (Wildman–Crippen LogP) is 35.8. The molecule has 0 heterocycles. The zero-order valence-electron chi connectivity index (χ0n) is 91.2. The van der Waals surface area contributed by atoms with Crippen LogP contribution in [0.2, 0.25) is 0 Å². The molecule has 19 atom stereocenters. The molecule has 6 aromatic carbocycles. The molecule has 20 aliphatic rings. The van der Waals surface area contributed by atoms with Gasteiger partial charge >= 0.3 is 5.97 Å². The number of esters is 1. The number of carbonyl (C=O) groups excluding carboxylic acids is 1. The molecule has 0 aromatic heterocycles. The van der Waals surface area contributed by atoms with Gasteiger partial charge in [0.2, 0.25) is 0 Å². The van der Waals surface area contributed by atoms with Crippen LogP contribution in [0.3, 0.4) is 0 Å². The molecule has 0 amide bonds. The minimum absolute atomic E-state index is 0.0886. The van der Waals surface area contributed by atoms with Gasteiger partial charge in [0.1, 0.15) is 68.2 Å². The van der Waals surface area contributed by atoms with Crippen LogP contribution in [0.15, 0.2) is 146 Å². The third-order valence-corrected chi connectivity index (χ3v) is 43.9. The van der Waals surface area contributed by atoms with Crippen molar-refractivity contribution in [2.24, 2.45) is 165 Å². The molecule has 7 nitrogen and oxygen atoms in total. The zero-order valence-corrected chi connectivity index (χ0v) is 91.2. The highest BCUT2D eigenvalue weighted by Crippen LogP contribution is 2.74. The number of rotatable bonds is 28. The molecule has 0 N–H and O–H groups in total. The molecule has 8 heteroatoms. The normalized spacial score (nSPS) is 37.6. The number of benzene rings is 6. The van der Waals surface area contributed by atoms with E-state index >= 15 is 0 Å². The van der Waals surface area contributed by atoms with Gasteiger partial charge in [0.25, 0.3) is 0 Å². The number of hydrogen-bond donors (Lipinski definition) is 0. The molecule has 0 aliphatic heterocycles. The first-order valence-corrected chi connectivity index (χ1v) is 58.4. The molecular weight excluding hydrogens is 1700 g/mol. The van der Waals surface area contributed by atoms with Crippen molar-refractivity contribution < 1.29 is 37.6 Å². The minimum atomic E-state index is -0.753. The van der Waals surface area contributed by atoms with Gasteiger partial charge < -0.3 is 28.4 Å². The Morgan fingerprint density at radius 2 is 0.626 bits per heavy atom. The van der Waals surface area contributed by atoms with Crippen molar-refractivity contribution in [3.05, 3.63) is 185 Å². The lowest BCUT2D eigenvalue weighted by Crippen LogP contribution is -2.63. The van der Waals surface area contributed by atoms with E-state index in [-0.39, 0.29) is 39.8 Å². The third-order valence-electron chi connectivity index (χ3n) is 43.9. The summed E-state index contributed by atoms with van der Waals surface area (Å²) in [5.74, 6) is 32.5. The van der Waals surface area contributed by atoms with E-state index in [1.165, 1.54) is 226 Å². The van der Waals surface area contributed by atoms with Crippen molar-refractivity contribution in [2.75, 3.05) is 0 Å². The lowest BCUT2D eigenvalue weighted by atomic mass is 9.47. The highest BCUT2D eigenvalue weighted by atomic mass is 19.1. The second-order valence-corrected chi connectivity index (χ2v) is 52.8. The van der Waals surface area contributed by atoms with Gasteiger partial charge in [-0.15, -0.1) is 0 Å². The lowest BCUT2D eigenvalue weighted by Gasteiger charge is -2.62. The Kier molecular flexibility index (Phi) is 30.7. The Balaban J connectivity index is 0.000000111. The maximum Gasteiger partial charge on any atom is 0.312 e. The van der Waals surface area contributed by atoms with Gasteiger partial charge in [-0.05, 0) is 524 Å². The van der Waals surface area contributed by atoms with Crippen LogP contribution in [0.4, 0.5) is 4.39 Å². The predicted molar refractivity (Wildman–Crippen MR) is 572 cm³/mol. The quantitative estimate of drug-likeness (QED) is 0.0358. The fourth-order valence-corrected chi connectivity index (χ4v) is 35.3. The van der Waals surface area contributed by atoms with E-state index in [4.69, 9.17) is 28.4 Å². The summed E-state index contributed by atoms with van der Waals surface area (Å²) in [6.07, 6.45) is 44.1. The van der Waals surface area contributed by atoms with E-state index < -0.39 is 11.0 Å². The molecule has 0 radical (unpaired) electrons. The number of hydrogen-bond acceptors (Lipinski definition) is 7. The summed E-state index contributed by atoms with van der Waals surface area (Å²) < 4.78 is 52.7. The fraction of sp³-hybridized carbons (Fsp3) is 0.718. The third kappa shape index (κ3) is 19.9. The molecule has 26 rings (SSSR count). The molecule has 20 fully saturated rings. The number of carbonyl (C=O) groups is 1. The molecular formula is C131H189FO7. The summed E-state index contributed by atoms with van der Waals surface area (Å²) in [6.45, 7) is 51.4. The molecule has 762 valence electrons. The van der Waals surface area contributed by atoms with E-state index in [1.54, 1.807) is 25.0 Å². The minimum Gasteiger partial charge on any atom is -0.487 e. The van der Waals surface area contributed by atoms with Crippen molar-refractivity contribution in [1.29, 1.82) is 0 Å². The first-order chi connectivity index (χ1) is 66.5. The monoisotopic (exact) mass is 1890 g/mol. The van der Waals surface area contributed by atoms with E-state index in [0.717, 1.165) is 176 Å². The van der Waals surface area contributed by atoms with Crippen LogP contribution in [0.5, 0.6) is 28.7 Å². The van der Waals surface area contributed by atoms with Crippen LogP contribution in [0.1, 0.15) is 428 Å². The first kappa shape index (κ1) is 103. The second kappa shape index (κ2) is 41.6. The van der Waals surface area contributed by atoms with Gasteiger partial charge in [-0.1, -0.05) is 197 Å². The Bertz CT molecular complexity index is 4800. The summed E-state index contributed by atoms with van der Waals surface area (Å²) in [5.41, 5.74) is 7.22. The summed E-state index contributed by atoms with van der Waals surface area (Å²) in [7, 11) is 0. The van der Waals surface area contributed by atoms with Crippen molar-refractivity contribution in [3.63, 3.8) is 0 Å². The van der Waals surface area contributed by atoms with E-state index in [2.05, 4.69) is 246 Å². The van der Waals surface area contributed by atoms with Crippen LogP contribution in [-0.2, 0) is 15.1 Å². The largest absolute Gasteiger partial charge is 0.487 e. The summed E-state index contributed by atoms with van der Waals surface area (Å²) in [4.78, 5) is 12.1. The van der Waals surface area contributed by atoms with Crippen LogP contribution >= 0.6 is 0 Å². The van der Waals surface area contributed by atoms with Crippen LogP contribution in [-0.4, -0.2) is 34.0 Å². The van der Waals surface area contributed by atoms with Crippen molar-refractivity contribution in [3.8, 4) is 28.7 Å². The second-order valence-electron chi connectivity index (χ2n) is 52.8. The molecule has 0 saturated heterocycles. The highest BCUT2D eigenvalue weighted by molar-refractivity contribution is 5.76. The maximum atomic E-state index is 12.9. The average molecular weight is 1890 g/mol. The molecule has 6 aromatic rings. The Morgan fingerprint density at radius 3 is 0.928 bits per heavy atom. The van der Waals surface area contributed by atoms with Crippen molar-refractivity contribution in [2.45, 2.75) is 428 Å². The van der Waals surface area contributed by atoms with Gasteiger partial charge in [-0.3, -0.25) is 4.79 Å². The first-order valence-electron chi connectivity index (χ1n) is 58.4. The zero-order chi connectivity index (χ0) is 98.3. The SMILES string of the molecule is CCC(C)(C)C(=O)OC(C)(C)c1ccc(F)cc1.CCC(C)c1ccc(OC2(C(C)C)C3CC4CC(C3)CC2C4)cc1.CCC(C)c1ccc(OC2(C(C)C)CC3CC2C2C4CCC(C4)C32)cc1.CCC(C)c1ccc(OC2(C(C)C)CC3CC2C2C4CCC(C4)C32)cc1.CCC(C)c1ccc(OC2(C)C3CC4CC(C3)CC2C4)cc1.CCC(C)c1ccc(OC2(CC)C3CC4CC(C3)CC2C4)cc1. The van der Waals surface area contributed by atoms with E-state index in [9.17, 15) is 9.18 Å².